The summed E-state index contributed by atoms with van der Waals surface area (Å²) < 4.78 is 51.8. The van der Waals surface area contributed by atoms with Crippen LogP contribution in [-0.4, -0.2) is 85.2 Å². The third-order valence-corrected chi connectivity index (χ3v) is 10.6. The number of aliphatic hydroxyl groups excluding tert-OH is 2. The van der Waals surface area contributed by atoms with Crippen molar-refractivity contribution in [2.45, 2.75) is 101 Å². The summed E-state index contributed by atoms with van der Waals surface area (Å²) in [6.45, 7) is 1.35. The molecule has 5 aromatic carbocycles. The molecule has 2 N–H and O–H groups in total. The van der Waals surface area contributed by atoms with Gasteiger partial charge in [-0.2, -0.15) is 0 Å². The van der Waals surface area contributed by atoms with Gasteiger partial charge >= 0.3 is 0 Å². The zero-order valence-electron chi connectivity index (χ0n) is 32.8. The standard InChI is InChI=1S/C48H54O10/c1-51-48-42(50)46(56-31-37-23-13-5-14-24-37)45(55-30-36-21-11-4-12-22-36)41(58-48)33-52-40-27-39(49)43(53-28-34-17-7-2-8-18-34)47(57-32-38-25-15-6-16-26-38)44(40)54-29-35-19-9-3-10-20-35/h2-26,39-50H,27-33H2,1H3/t39-,40+,41-,42-,43-,44+,45-,46-,47+,48+/m1/s1. The van der Waals surface area contributed by atoms with Crippen LogP contribution in [0.3, 0.4) is 0 Å². The maximum absolute atomic E-state index is 11.9. The van der Waals surface area contributed by atoms with E-state index in [0.717, 1.165) is 27.8 Å². The van der Waals surface area contributed by atoms with Gasteiger partial charge in [0.1, 0.15) is 42.7 Å². The van der Waals surface area contributed by atoms with E-state index in [9.17, 15) is 10.2 Å². The Kier molecular flexibility index (Phi) is 15.6. The second kappa shape index (κ2) is 21.6. The third kappa shape index (κ3) is 11.5. The minimum Gasteiger partial charge on any atom is -0.390 e. The van der Waals surface area contributed by atoms with Crippen molar-refractivity contribution in [3.05, 3.63) is 179 Å². The largest absolute Gasteiger partial charge is 0.390 e. The minimum absolute atomic E-state index is 0.0146. The fraction of sp³-hybridized carbons (Fsp3) is 0.375. The lowest BCUT2D eigenvalue weighted by Gasteiger charge is -2.46. The fourth-order valence-corrected chi connectivity index (χ4v) is 7.55. The molecule has 0 radical (unpaired) electrons. The Morgan fingerprint density at radius 3 is 1.22 bits per heavy atom. The van der Waals surface area contributed by atoms with Crippen LogP contribution in [0.5, 0.6) is 0 Å². The van der Waals surface area contributed by atoms with Crippen molar-refractivity contribution in [1.29, 1.82) is 0 Å². The summed E-state index contributed by atoms with van der Waals surface area (Å²) in [5.41, 5.74) is 4.84. The van der Waals surface area contributed by atoms with Gasteiger partial charge in [0.05, 0.1) is 51.8 Å². The predicted molar refractivity (Wildman–Crippen MR) is 217 cm³/mol. The molecule has 1 aliphatic heterocycles. The summed E-state index contributed by atoms with van der Waals surface area (Å²) in [5.74, 6) is 0. The Bertz CT molecular complexity index is 1870. The molecular weight excluding hydrogens is 737 g/mol. The summed E-state index contributed by atoms with van der Waals surface area (Å²) >= 11 is 0. The molecule has 0 bridgehead atoms. The van der Waals surface area contributed by atoms with E-state index < -0.39 is 61.2 Å². The molecule has 1 saturated carbocycles. The number of benzene rings is 5. The molecule has 306 valence electrons. The van der Waals surface area contributed by atoms with Gasteiger partial charge in [0.15, 0.2) is 6.29 Å². The Labute approximate surface area is 341 Å². The van der Waals surface area contributed by atoms with E-state index in [4.69, 9.17) is 37.9 Å². The molecule has 10 atom stereocenters. The topological polar surface area (TPSA) is 114 Å². The van der Waals surface area contributed by atoms with Crippen LogP contribution in [0, 0.1) is 0 Å². The van der Waals surface area contributed by atoms with Crippen LogP contribution in [0.4, 0.5) is 0 Å². The minimum atomic E-state index is -1.15. The molecule has 5 aromatic rings. The number of hydrogen-bond acceptors (Lipinski definition) is 10. The first kappa shape index (κ1) is 41.8. The second-order valence-corrected chi connectivity index (χ2v) is 14.8. The zero-order chi connectivity index (χ0) is 39.9. The molecular formula is C48H54O10. The van der Waals surface area contributed by atoms with E-state index in [1.165, 1.54) is 7.11 Å². The van der Waals surface area contributed by atoms with E-state index in [2.05, 4.69) is 0 Å². The van der Waals surface area contributed by atoms with Crippen molar-refractivity contribution in [2.75, 3.05) is 13.7 Å². The monoisotopic (exact) mass is 790 g/mol. The SMILES string of the molecule is CO[C@H]1O[C@H](CO[C@H]2C[C@@H](O)[C@@H](OCc3ccccc3)[C@H](OCc3ccccc3)[C@H]2OCc2ccccc2)[C@@H](OCc2ccccc2)[C@H](OCc2ccccc2)[C@H]1O. The Morgan fingerprint density at radius 1 is 0.448 bits per heavy atom. The Balaban J connectivity index is 1.15. The van der Waals surface area contributed by atoms with Crippen LogP contribution < -0.4 is 0 Å². The van der Waals surface area contributed by atoms with Gasteiger partial charge in [0, 0.05) is 13.5 Å². The number of hydrogen-bond donors (Lipinski definition) is 2. The Morgan fingerprint density at radius 2 is 0.810 bits per heavy atom. The summed E-state index contributed by atoms with van der Waals surface area (Å²) in [7, 11) is 1.49. The van der Waals surface area contributed by atoms with Gasteiger partial charge in [-0.25, -0.2) is 0 Å². The second-order valence-electron chi connectivity index (χ2n) is 14.8. The molecule has 0 amide bonds. The summed E-state index contributed by atoms with van der Waals surface area (Å²) in [6.07, 6.45) is -7.95. The van der Waals surface area contributed by atoms with E-state index in [1.807, 2.05) is 152 Å². The number of aliphatic hydroxyl groups is 2. The van der Waals surface area contributed by atoms with Crippen molar-refractivity contribution >= 4 is 0 Å². The van der Waals surface area contributed by atoms with Gasteiger partial charge in [0.25, 0.3) is 0 Å². The average molecular weight is 791 g/mol. The molecule has 1 saturated heterocycles. The van der Waals surface area contributed by atoms with Crippen molar-refractivity contribution in [3.63, 3.8) is 0 Å². The molecule has 58 heavy (non-hydrogen) atoms. The lowest BCUT2D eigenvalue weighted by molar-refractivity contribution is -0.318. The smallest absolute Gasteiger partial charge is 0.186 e. The van der Waals surface area contributed by atoms with Crippen LogP contribution in [0.25, 0.3) is 0 Å². The molecule has 10 nitrogen and oxygen atoms in total. The molecule has 0 spiro atoms. The van der Waals surface area contributed by atoms with Gasteiger partial charge < -0.3 is 48.1 Å². The first-order valence-electron chi connectivity index (χ1n) is 20.0. The first-order chi connectivity index (χ1) is 28.6. The molecule has 1 aliphatic carbocycles. The molecule has 10 heteroatoms. The summed E-state index contributed by atoms with van der Waals surface area (Å²) in [4.78, 5) is 0. The van der Waals surface area contributed by atoms with Gasteiger partial charge in [0.2, 0.25) is 0 Å². The van der Waals surface area contributed by atoms with E-state index >= 15 is 0 Å². The highest BCUT2D eigenvalue weighted by molar-refractivity contribution is 5.17. The van der Waals surface area contributed by atoms with Crippen LogP contribution in [-0.2, 0) is 70.9 Å². The highest BCUT2D eigenvalue weighted by Crippen LogP contribution is 2.34. The lowest BCUT2D eigenvalue weighted by Crippen LogP contribution is -2.62. The highest BCUT2D eigenvalue weighted by atomic mass is 16.7. The van der Waals surface area contributed by atoms with Crippen molar-refractivity contribution < 1.29 is 48.1 Å². The number of methoxy groups -OCH3 is 1. The molecule has 0 unspecified atom stereocenters. The number of ether oxygens (including phenoxy) is 8. The third-order valence-electron chi connectivity index (χ3n) is 10.6. The normalized spacial score (nSPS) is 27.3. The maximum atomic E-state index is 11.9. The van der Waals surface area contributed by atoms with Crippen LogP contribution in [0.15, 0.2) is 152 Å². The van der Waals surface area contributed by atoms with Crippen LogP contribution in [0.2, 0.25) is 0 Å². The van der Waals surface area contributed by atoms with Gasteiger partial charge in [-0.1, -0.05) is 152 Å². The van der Waals surface area contributed by atoms with E-state index in [0.29, 0.717) is 0 Å². The molecule has 1 heterocycles. The molecule has 0 aromatic heterocycles. The first-order valence-corrected chi connectivity index (χ1v) is 20.0. The molecule has 7 rings (SSSR count). The average Bonchev–Trinajstić information content (AvgIpc) is 3.27. The van der Waals surface area contributed by atoms with Crippen LogP contribution in [0.1, 0.15) is 34.2 Å². The summed E-state index contributed by atoms with van der Waals surface area (Å²) in [5, 5.41) is 23.4. The quantitative estimate of drug-likeness (QED) is 0.0927. The van der Waals surface area contributed by atoms with Crippen molar-refractivity contribution in [1.82, 2.24) is 0 Å². The number of rotatable bonds is 19. The summed E-state index contributed by atoms with van der Waals surface area (Å²) in [6, 6.07) is 49.3. The highest BCUT2D eigenvalue weighted by Gasteiger charge is 2.50. The molecule has 2 fully saturated rings. The maximum Gasteiger partial charge on any atom is 0.186 e. The zero-order valence-corrected chi connectivity index (χ0v) is 32.8. The van der Waals surface area contributed by atoms with E-state index in [1.54, 1.807) is 0 Å². The van der Waals surface area contributed by atoms with Gasteiger partial charge in [-0.05, 0) is 27.8 Å². The van der Waals surface area contributed by atoms with Crippen LogP contribution >= 0.6 is 0 Å². The molecule has 2 aliphatic rings. The fourth-order valence-electron chi connectivity index (χ4n) is 7.55. The Hall–Kier alpha value is -4.30. The van der Waals surface area contributed by atoms with E-state index in [-0.39, 0.29) is 46.1 Å². The van der Waals surface area contributed by atoms with Crippen molar-refractivity contribution in [2.24, 2.45) is 0 Å². The lowest BCUT2D eigenvalue weighted by atomic mass is 9.86. The van der Waals surface area contributed by atoms with Gasteiger partial charge in [-0.15, -0.1) is 0 Å². The van der Waals surface area contributed by atoms with Gasteiger partial charge in [-0.3, -0.25) is 0 Å². The van der Waals surface area contributed by atoms with Crippen molar-refractivity contribution in [3.8, 4) is 0 Å². The predicted octanol–water partition coefficient (Wildman–Crippen LogP) is 6.80.